The van der Waals surface area contributed by atoms with Crippen molar-refractivity contribution in [1.29, 1.82) is 0 Å². The van der Waals surface area contributed by atoms with Gasteiger partial charge in [-0.05, 0) is 32.0 Å². The molecule has 0 saturated carbocycles. The van der Waals surface area contributed by atoms with E-state index in [0.29, 0.717) is 0 Å². The summed E-state index contributed by atoms with van der Waals surface area (Å²) in [6.07, 6.45) is 1.96. The van der Waals surface area contributed by atoms with Crippen molar-refractivity contribution in [2.24, 2.45) is 0 Å². The van der Waals surface area contributed by atoms with Crippen molar-refractivity contribution < 1.29 is 4.79 Å². The molecule has 0 spiro atoms. The molecule has 0 aliphatic carbocycles. The van der Waals surface area contributed by atoms with Gasteiger partial charge in [-0.3, -0.25) is 4.79 Å². The highest BCUT2D eigenvalue weighted by Gasteiger charge is 2.17. The molecule has 28 heavy (non-hydrogen) atoms. The molecule has 0 aliphatic rings. The number of aryl methyl sites for hydroxylation is 1. The Morgan fingerprint density at radius 1 is 1.14 bits per heavy atom. The molecule has 0 radical (unpaired) electrons. The number of aromatic amines is 1. The van der Waals surface area contributed by atoms with Crippen LogP contribution >= 0.6 is 11.8 Å². The third-order valence-electron chi connectivity index (χ3n) is 4.53. The van der Waals surface area contributed by atoms with Gasteiger partial charge in [-0.2, -0.15) is 0 Å². The van der Waals surface area contributed by atoms with Gasteiger partial charge >= 0.3 is 0 Å². The Morgan fingerprint density at radius 2 is 1.93 bits per heavy atom. The number of benzene rings is 2. The fourth-order valence-electron chi connectivity index (χ4n) is 3.10. The number of carbonyl (C=O) groups is 1. The Labute approximate surface area is 167 Å². The summed E-state index contributed by atoms with van der Waals surface area (Å²) in [5.41, 5.74) is 4.04. The first-order valence-electron chi connectivity index (χ1n) is 9.14. The number of carbonyl (C=O) groups excluding carboxylic acids is 1. The Balaban J connectivity index is 1.50. The third kappa shape index (κ3) is 3.66. The van der Waals surface area contributed by atoms with Crippen molar-refractivity contribution in [2.75, 3.05) is 11.1 Å². The number of anilines is 1. The van der Waals surface area contributed by atoms with E-state index >= 15 is 0 Å². The Kier molecular flexibility index (Phi) is 5.16. The highest BCUT2D eigenvalue weighted by atomic mass is 32.2. The van der Waals surface area contributed by atoms with Crippen LogP contribution in [0.15, 0.2) is 59.9 Å². The highest BCUT2D eigenvalue weighted by Crippen LogP contribution is 2.29. The first-order valence-corrected chi connectivity index (χ1v) is 10.1. The lowest BCUT2D eigenvalue weighted by Gasteiger charge is -2.08. The molecule has 0 atom stereocenters. The minimum absolute atomic E-state index is 0.0619. The number of rotatable bonds is 6. The Bertz CT molecular complexity index is 1110. The minimum atomic E-state index is -0.0619. The number of aromatic nitrogens is 4. The van der Waals surface area contributed by atoms with E-state index in [2.05, 4.69) is 33.5 Å². The van der Waals surface area contributed by atoms with Crippen LogP contribution in [0.4, 0.5) is 5.69 Å². The molecule has 4 aromatic rings. The van der Waals surface area contributed by atoms with E-state index in [0.717, 1.165) is 45.2 Å². The van der Waals surface area contributed by atoms with Crippen LogP contribution in [0, 0.1) is 6.92 Å². The predicted octanol–water partition coefficient (Wildman–Crippen LogP) is 4.49. The van der Waals surface area contributed by atoms with Crippen LogP contribution in [0.2, 0.25) is 0 Å². The lowest BCUT2D eigenvalue weighted by Crippen LogP contribution is -2.14. The lowest BCUT2D eigenvalue weighted by atomic mass is 10.1. The standard InChI is InChI=1S/C21H21N5OS/c1-3-26-20(17-12-22-18-7-5-4-6-16(17)18)24-25-21(26)28-13-19(27)23-15-10-8-14(2)9-11-15/h4-12,22H,3,13H2,1-2H3,(H,23,27). The summed E-state index contributed by atoms with van der Waals surface area (Å²) in [5.74, 6) is 1.02. The maximum absolute atomic E-state index is 12.3. The minimum Gasteiger partial charge on any atom is -0.360 e. The Hall–Kier alpha value is -3.06. The summed E-state index contributed by atoms with van der Waals surface area (Å²) >= 11 is 1.39. The molecular weight excluding hydrogens is 370 g/mol. The first-order chi connectivity index (χ1) is 13.7. The van der Waals surface area contributed by atoms with Gasteiger partial charge in [0.2, 0.25) is 5.91 Å². The monoisotopic (exact) mass is 391 g/mol. The van der Waals surface area contributed by atoms with Gasteiger partial charge in [0.15, 0.2) is 11.0 Å². The van der Waals surface area contributed by atoms with E-state index in [1.165, 1.54) is 11.8 Å². The molecule has 2 aromatic heterocycles. The molecule has 2 N–H and O–H groups in total. The topological polar surface area (TPSA) is 75.6 Å². The zero-order valence-electron chi connectivity index (χ0n) is 15.8. The highest BCUT2D eigenvalue weighted by molar-refractivity contribution is 7.99. The van der Waals surface area contributed by atoms with Crippen LogP contribution in [-0.2, 0) is 11.3 Å². The number of amides is 1. The molecule has 7 heteroatoms. The number of H-pyrrole nitrogens is 1. The number of para-hydroxylation sites is 1. The predicted molar refractivity (Wildman–Crippen MR) is 114 cm³/mol. The molecule has 0 aliphatic heterocycles. The molecule has 1 amide bonds. The van der Waals surface area contributed by atoms with Gasteiger partial charge in [0.25, 0.3) is 0 Å². The molecule has 2 aromatic carbocycles. The van der Waals surface area contributed by atoms with E-state index in [1.54, 1.807) is 0 Å². The molecular formula is C21H21N5OS. The normalized spacial score (nSPS) is 11.1. The molecule has 142 valence electrons. The third-order valence-corrected chi connectivity index (χ3v) is 5.50. The maximum Gasteiger partial charge on any atom is 0.234 e. The van der Waals surface area contributed by atoms with Gasteiger partial charge < -0.3 is 14.9 Å². The molecule has 0 fully saturated rings. The van der Waals surface area contributed by atoms with Crippen molar-refractivity contribution in [3.63, 3.8) is 0 Å². The summed E-state index contributed by atoms with van der Waals surface area (Å²) in [6, 6.07) is 15.9. The number of nitrogens with zero attached hydrogens (tertiary/aromatic N) is 3. The van der Waals surface area contributed by atoms with Gasteiger partial charge in [0, 0.05) is 34.9 Å². The quantitative estimate of drug-likeness (QED) is 0.475. The summed E-state index contributed by atoms with van der Waals surface area (Å²) < 4.78 is 2.04. The molecule has 6 nitrogen and oxygen atoms in total. The van der Waals surface area contributed by atoms with Gasteiger partial charge in [0.1, 0.15) is 0 Å². The zero-order valence-corrected chi connectivity index (χ0v) is 16.6. The summed E-state index contributed by atoms with van der Waals surface area (Å²) in [4.78, 5) is 15.6. The first kappa shape index (κ1) is 18.3. The van der Waals surface area contributed by atoms with Gasteiger partial charge in [-0.25, -0.2) is 0 Å². The number of hydrogen-bond donors (Lipinski definition) is 2. The van der Waals surface area contributed by atoms with E-state index in [9.17, 15) is 4.79 Å². The van der Waals surface area contributed by atoms with E-state index < -0.39 is 0 Å². The second-order valence-corrected chi connectivity index (χ2v) is 7.44. The maximum atomic E-state index is 12.3. The number of nitrogens with one attached hydrogen (secondary N) is 2. The van der Waals surface area contributed by atoms with Crippen molar-refractivity contribution in [3.8, 4) is 11.4 Å². The van der Waals surface area contributed by atoms with Crippen molar-refractivity contribution >= 4 is 34.3 Å². The van der Waals surface area contributed by atoms with Crippen LogP contribution in [0.3, 0.4) is 0 Å². The van der Waals surface area contributed by atoms with Crippen molar-refractivity contribution in [1.82, 2.24) is 19.7 Å². The van der Waals surface area contributed by atoms with Crippen LogP contribution in [0.1, 0.15) is 12.5 Å². The fourth-order valence-corrected chi connectivity index (χ4v) is 3.90. The molecule has 0 unspecified atom stereocenters. The van der Waals surface area contributed by atoms with E-state index in [4.69, 9.17) is 0 Å². The van der Waals surface area contributed by atoms with Crippen LogP contribution in [0.5, 0.6) is 0 Å². The van der Waals surface area contributed by atoms with Crippen LogP contribution < -0.4 is 5.32 Å². The molecule has 2 heterocycles. The van der Waals surface area contributed by atoms with E-state index in [1.807, 2.05) is 60.2 Å². The van der Waals surface area contributed by atoms with Crippen molar-refractivity contribution in [3.05, 3.63) is 60.3 Å². The van der Waals surface area contributed by atoms with Crippen LogP contribution in [0.25, 0.3) is 22.3 Å². The average molecular weight is 392 g/mol. The molecule has 0 bridgehead atoms. The fraction of sp³-hybridized carbons (Fsp3) is 0.190. The average Bonchev–Trinajstić information content (AvgIpc) is 3.31. The Morgan fingerprint density at radius 3 is 2.71 bits per heavy atom. The largest absolute Gasteiger partial charge is 0.360 e. The zero-order chi connectivity index (χ0) is 19.5. The van der Waals surface area contributed by atoms with Gasteiger partial charge in [0.05, 0.1) is 5.75 Å². The number of fused-ring (bicyclic) bond motifs is 1. The molecule has 4 rings (SSSR count). The van der Waals surface area contributed by atoms with Crippen molar-refractivity contribution in [2.45, 2.75) is 25.5 Å². The number of hydrogen-bond acceptors (Lipinski definition) is 4. The van der Waals surface area contributed by atoms with Gasteiger partial charge in [-0.15, -0.1) is 10.2 Å². The van der Waals surface area contributed by atoms with Gasteiger partial charge in [-0.1, -0.05) is 47.7 Å². The summed E-state index contributed by atoms with van der Waals surface area (Å²) in [5, 5.41) is 13.5. The second-order valence-electron chi connectivity index (χ2n) is 6.50. The summed E-state index contributed by atoms with van der Waals surface area (Å²) in [6.45, 7) is 4.80. The smallest absolute Gasteiger partial charge is 0.234 e. The lowest BCUT2D eigenvalue weighted by molar-refractivity contribution is -0.113. The number of thioether (sulfide) groups is 1. The summed E-state index contributed by atoms with van der Waals surface area (Å²) in [7, 11) is 0. The van der Waals surface area contributed by atoms with E-state index in [-0.39, 0.29) is 11.7 Å². The molecule has 0 saturated heterocycles. The SMILES string of the molecule is CCn1c(SCC(=O)Nc2ccc(C)cc2)nnc1-c1c[nH]c2ccccc12. The van der Waals surface area contributed by atoms with Crippen LogP contribution in [-0.4, -0.2) is 31.4 Å². The second kappa shape index (κ2) is 7.90.